The molecule has 0 saturated heterocycles. The third-order valence-corrected chi connectivity index (χ3v) is 4.52. The van der Waals surface area contributed by atoms with Crippen LogP contribution in [0.1, 0.15) is 35.9 Å². The minimum atomic E-state index is -0.000753. The van der Waals surface area contributed by atoms with E-state index in [2.05, 4.69) is 59.7 Å². The Morgan fingerprint density at radius 2 is 2.00 bits per heavy atom. The van der Waals surface area contributed by atoms with Crippen LogP contribution in [0.4, 0.5) is 0 Å². The maximum absolute atomic E-state index is 12.4. The van der Waals surface area contributed by atoms with E-state index in [1.165, 1.54) is 11.1 Å². The third kappa shape index (κ3) is 3.75. The highest BCUT2D eigenvalue weighted by Crippen LogP contribution is 2.10. The van der Waals surface area contributed by atoms with Crippen molar-refractivity contribution in [2.45, 2.75) is 46.7 Å². The number of halogens is 1. The summed E-state index contributed by atoms with van der Waals surface area (Å²) in [6, 6.07) is 6.31. The Balaban J connectivity index is 2.29. The highest BCUT2D eigenvalue weighted by molar-refractivity contribution is 14.1. The largest absolute Gasteiger partial charge is 0.346 e. The van der Waals surface area contributed by atoms with E-state index in [-0.39, 0.29) is 5.69 Å². The number of aryl methyl sites for hydroxylation is 3. The molecule has 0 aliphatic rings. The van der Waals surface area contributed by atoms with Gasteiger partial charge in [0.2, 0.25) is 0 Å². The zero-order valence-corrected chi connectivity index (χ0v) is 15.1. The molecule has 114 valence electrons. The summed E-state index contributed by atoms with van der Waals surface area (Å²) in [7, 11) is 0. The molecular weight excluding hydrogens is 377 g/mol. The van der Waals surface area contributed by atoms with E-state index in [0.717, 1.165) is 28.7 Å². The van der Waals surface area contributed by atoms with E-state index in [0.29, 0.717) is 13.1 Å². The van der Waals surface area contributed by atoms with Gasteiger partial charge in [-0.1, -0.05) is 40.8 Å². The minimum Gasteiger partial charge on any atom is -0.279 e. The standard InChI is InChI=1S/C16H22IN3O/c1-4-19-15(6-5-9-17)18-20(16(19)21)11-14-8-7-12(2)13(3)10-14/h7-8,10H,4-6,9,11H2,1-3H3. The Kier molecular flexibility index (Phi) is 5.61. The van der Waals surface area contributed by atoms with Crippen LogP contribution in [0.15, 0.2) is 23.0 Å². The second-order valence-corrected chi connectivity index (χ2v) is 6.39. The molecule has 2 rings (SSSR count). The normalized spacial score (nSPS) is 11.0. The topological polar surface area (TPSA) is 39.8 Å². The smallest absolute Gasteiger partial charge is 0.279 e. The van der Waals surface area contributed by atoms with Crippen molar-refractivity contribution < 1.29 is 0 Å². The Bertz CT molecular complexity index is 673. The number of nitrogens with zero attached hydrogens (tertiary/aromatic N) is 3. The van der Waals surface area contributed by atoms with Crippen molar-refractivity contribution in [1.82, 2.24) is 14.3 Å². The van der Waals surface area contributed by atoms with Crippen molar-refractivity contribution >= 4 is 22.6 Å². The van der Waals surface area contributed by atoms with E-state index in [9.17, 15) is 4.79 Å². The van der Waals surface area contributed by atoms with Gasteiger partial charge in [0.15, 0.2) is 0 Å². The first kappa shape index (κ1) is 16.3. The fourth-order valence-corrected chi connectivity index (χ4v) is 2.77. The van der Waals surface area contributed by atoms with Crippen LogP contribution in [0.25, 0.3) is 0 Å². The van der Waals surface area contributed by atoms with Crippen molar-refractivity contribution in [1.29, 1.82) is 0 Å². The molecule has 0 radical (unpaired) electrons. The molecule has 0 fully saturated rings. The van der Waals surface area contributed by atoms with E-state index in [4.69, 9.17) is 0 Å². The summed E-state index contributed by atoms with van der Waals surface area (Å²) in [5.41, 5.74) is 3.65. The summed E-state index contributed by atoms with van der Waals surface area (Å²) < 4.78 is 4.46. The van der Waals surface area contributed by atoms with Crippen molar-refractivity contribution in [2.24, 2.45) is 0 Å². The lowest BCUT2D eigenvalue weighted by molar-refractivity contribution is 0.630. The van der Waals surface area contributed by atoms with Gasteiger partial charge in [-0.3, -0.25) is 4.57 Å². The van der Waals surface area contributed by atoms with Crippen LogP contribution in [0.3, 0.4) is 0 Å². The van der Waals surface area contributed by atoms with Gasteiger partial charge in [0.25, 0.3) is 0 Å². The van der Waals surface area contributed by atoms with E-state index in [1.807, 2.05) is 6.92 Å². The van der Waals surface area contributed by atoms with Crippen LogP contribution in [0, 0.1) is 13.8 Å². The molecule has 0 amide bonds. The van der Waals surface area contributed by atoms with Crippen molar-refractivity contribution in [3.8, 4) is 0 Å². The number of hydrogen-bond donors (Lipinski definition) is 0. The van der Waals surface area contributed by atoms with Gasteiger partial charge in [-0.15, -0.1) is 0 Å². The number of aromatic nitrogens is 3. The molecule has 21 heavy (non-hydrogen) atoms. The molecule has 2 aromatic rings. The summed E-state index contributed by atoms with van der Waals surface area (Å²) in [5.74, 6) is 0.906. The lowest BCUT2D eigenvalue weighted by atomic mass is 10.1. The highest BCUT2D eigenvalue weighted by atomic mass is 127. The van der Waals surface area contributed by atoms with Crippen LogP contribution in [0.2, 0.25) is 0 Å². The van der Waals surface area contributed by atoms with Gasteiger partial charge in [0, 0.05) is 13.0 Å². The fraction of sp³-hybridized carbons (Fsp3) is 0.500. The lowest BCUT2D eigenvalue weighted by Crippen LogP contribution is -2.25. The van der Waals surface area contributed by atoms with E-state index in [1.54, 1.807) is 9.25 Å². The van der Waals surface area contributed by atoms with Crippen molar-refractivity contribution in [3.63, 3.8) is 0 Å². The first-order chi connectivity index (χ1) is 10.1. The second-order valence-electron chi connectivity index (χ2n) is 5.31. The average Bonchev–Trinajstić information content (AvgIpc) is 2.76. The summed E-state index contributed by atoms with van der Waals surface area (Å²) in [6.07, 6.45) is 1.92. The molecule has 0 spiro atoms. The van der Waals surface area contributed by atoms with Crippen LogP contribution >= 0.6 is 22.6 Å². The fourth-order valence-electron chi connectivity index (χ4n) is 2.39. The van der Waals surface area contributed by atoms with Gasteiger partial charge >= 0.3 is 5.69 Å². The maximum Gasteiger partial charge on any atom is 0.346 e. The van der Waals surface area contributed by atoms with Crippen LogP contribution in [-0.4, -0.2) is 18.8 Å². The summed E-state index contributed by atoms with van der Waals surface area (Å²) in [6.45, 7) is 7.42. The number of alkyl halides is 1. The van der Waals surface area contributed by atoms with Crippen molar-refractivity contribution in [2.75, 3.05) is 4.43 Å². The SMILES string of the molecule is CCn1c(CCCI)nn(Cc2ccc(C)c(C)c2)c1=O. The monoisotopic (exact) mass is 399 g/mol. The Morgan fingerprint density at radius 3 is 2.62 bits per heavy atom. The molecule has 0 aliphatic heterocycles. The van der Waals surface area contributed by atoms with Gasteiger partial charge in [0.05, 0.1) is 6.54 Å². The molecule has 1 heterocycles. The molecule has 0 atom stereocenters. The van der Waals surface area contributed by atoms with Crippen LogP contribution < -0.4 is 5.69 Å². The predicted molar refractivity (Wildman–Crippen MR) is 94.4 cm³/mol. The lowest BCUT2D eigenvalue weighted by Gasteiger charge is -2.04. The molecule has 1 aromatic carbocycles. The quantitative estimate of drug-likeness (QED) is 0.553. The molecule has 0 N–H and O–H groups in total. The Labute approximate surface area is 139 Å². The average molecular weight is 399 g/mol. The summed E-state index contributed by atoms with van der Waals surface area (Å²) in [4.78, 5) is 12.4. The Morgan fingerprint density at radius 1 is 1.24 bits per heavy atom. The first-order valence-electron chi connectivity index (χ1n) is 7.35. The van der Waals surface area contributed by atoms with Gasteiger partial charge in [-0.25, -0.2) is 9.48 Å². The maximum atomic E-state index is 12.4. The highest BCUT2D eigenvalue weighted by Gasteiger charge is 2.12. The van der Waals surface area contributed by atoms with Gasteiger partial charge in [-0.2, -0.15) is 5.10 Å². The zero-order chi connectivity index (χ0) is 15.4. The predicted octanol–water partition coefficient (Wildman–Crippen LogP) is 3.10. The molecule has 0 aliphatic carbocycles. The van der Waals surface area contributed by atoms with Crippen LogP contribution in [-0.2, 0) is 19.5 Å². The summed E-state index contributed by atoms with van der Waals surface area (Å²) >= 11 is 2.36. The van der Waals surface area contributed by atoms with E-state index < -0.39 is 0 Å². The molecular formula is C16H22IN3O. The van der Waals surface area contributed by atoms with Gasteiger partial charge in [-0.05, 0) is 48.3 Å². The molecule has 5 heteroatoms. The molecule has 4 nitrogen and oxygen atoms in total. The Hall–Kier alpha value is -1.11. The van der Waals surface area contributed by atoms with Gasteiger partial charge < -0.3 is 0 Å². The second kappa shape index (κ2) is 7.24. The third-order valence-electron chi connectivity index (χ3n) is 3.75. The van der Waals surface area contributed by atoms with Crippen molar-refractivity contribution in [3.05, 3.63) is 51.2 Å². The number of rotatable bonds is 6. The molecule has 0 saturated carbocycles. The number of benzene rings is 1. The zero-order valence-electron chi connectivity index (χ0n) is 12.9. The first-order valence-corrected chi connectivity index (χ1v) is 8.88. The summed E-state index contributed by atoms with van der Waals surface area (Å²) in [5, 5.41) is 4.53. The van der Waals surface area contributed by atoms with Crippen LogP contribution in [0.5, 0.6) is 0 Å². The molecule has 0 unspecified atom stereocenters. The minimum absolute atomic E-state index is 0.000753. The molecule has 1 aromatic heterocycles. The van der Waals surface area contributed by atoms with Gasteiger partial charge in [0.1, 0.15) is 5.82 Å². The molecule has 0 bridgehead atoms. The van der Waals surface area contributed by atoms with E-state index >= 15 is 0 Å². The number of hydrogen-bond acceptors (Lipinski definition) is 2.